The molecule has 0 saturated carbocycles. The number of rotatable bonds is 6. The van der Waals surface area contributed by atoms with Gasteiger partial charge in [-0.25, -0.2) is 0 Å². The molecule has 0 aromatic carbocycles. The lowest BCUT2D eigenvalue weighted by Crippen LogP contribution is -2.45. The molecule has 0 bridgehead atoms. The molecule has 0 spiro atoms. The summed E-state index contributed by atoms with van der Waals surface area (Å²) >= 11 is 0. The van der Waals surface area contributed by atoms with Gasteiger partial charge in [-0.1, -0.05) is 13.8 Å². The highest BCUT2D eigenvalue weighted by Crippen LogP contribution is 2.03. The lowest BCUT2D eigenvalue weighted by Gasteiger charge is -2.23. The van der Waals surface area contributed by atoms with Gasteiger partial charge in [0.1, 0.15) is 0 Å². The molecule has 15 heavy (non-hydrogen) atoms. The van der Waals surface area contributed by atoms with Crippen LogP contribution in [-0.4, -0.2) is 41.5 Å². The van der Waals surface area contributed by atoms with E-state index < -0.39 is 12.0 Å². The topological polar surface area (TPSA) is 83.6 Å². The van der Waals surface area contributed by atoms with Crippen molar-refractivity contribution in [2.24, 2.45) is 11.7 Å². The third-order valence-corrected chi connectivity index (χ3v) is 2.26. The van der Waals surface area contributed by atoms with Crippen LogP contribution in [0.5, 0.6) is 0 Å². The van der Waals surface area contributed by atoms with Gasteiger partial charge in [-0.3, -0.25) is 9.59 Å². The molecule has 0 rings (SSSR count). The van der Waals surface area contributed by atoms with Gasteiger partial charge in [-0.2, -0.15) is 0 Å². The first kappa shape index (κ1) is 13.9. The minimum absolute atomic E-state index is 0.0779. The third kappa shape index (κ3) is 5.37. The average molecular weight is 216 g/mol. The Bertz CT molecular complexity index is 229. The number of hydrogen-bond acceptors (Lipinski definition) is 3. The van der Waals surface area contributed by atoms with Crippen LogP contribution in [0.15, 0.2) is 0 Å². The van der Waals surface area contributed by atoms with E-state index in [1.165, 1.54) is 4.90 Å². The maximum Gasteiger partial charge on any atom is 0.303 e. The number of carboxylic acid groups (broad SMARTS) is 1. The van der Waals surface area contributed by atoms with Gasteiger partial charge in [0.05, 0.1) is 6.04 Å². The normalized spacial score (nSPS) is 12.6. The molecule has 0 fully saturated rings. The molecule has 3 N–H and O–H groups in total. The molecule has 0 aliphatic heterocycles. The van der Waals surface area contributed by atoms with Crippen LogP contribution >= 0.6 is 0 Å². The van der Waals surface area contributed by atoms with E-state index >= 15 is 0 Å². The molecule has 0 unspecified atom stereocenters. The van der Waals surface area contributed by atoms with E-state index in [9.17, 15) is 9.59 Å². The minimum atomic E-state index is -0.844. The second-order valence-electron chi connectivity index (χ2n) is 4.03. The highest BCUT2D eigenvalue weighted by Gasteiger charge is 2.20. The Labute approximate surface area is 90.2 Å². The van der Waals surface area contributed by atoms with Crippen LogP contribution in [0.4, 0.5) is 0 Å². The van der Waals surface area contributed by atoms with Crippen LogP contribution in [0.3, 0.4) is 0 Å². The molecule has 0 heterocycles. The number of amides is 1. The zero-order valence-electron chi connectivity index (χ0n) is 9.56. The Balaban J connectivity index is 3.94. The molecule has 0 aliphatic carbocycles. The molecule has 0 aliphatic rings. The zero-order valence-corrected chi connectivity index (χ0v) is 9.56. The van der Waals surface area contributed by atoms with E-state index in [-0.39, 0.29) is 18.2 Å². The summed E-state index contributed by atoms with van der Waals surface area (Å²) in [5.74, 6) is -0.876. The first-order chi connectivity index (χ1) is 6.86. The third-order valence-electron chi connectivity index (χ3n) is 2.26. The first-order valence-electron chi connectivity index (χ1n) is 5.08. The van der Waals surface area contributed by atoms with Gasteiger partial charge in [0.15, 0.2) is 0 Å². The van der Waals surface area contributed by atoms with Gasteiger partial charge in [0, 0.05) is 20.0 Å². The van der Waals surface area contributed by atoms with E-state index in [2.05, 4.69) is 0 Å². The van der Waals surface area contributed by atoms with Gasteiger partial charge in [0.2, 0.25) is 5.91 Å². The van der Waals surface area contributed by atoms with Crippen molar-refractivity contribution >= 4 is 11.9 Å². The Kier molecular flexibility index (Phi) is 5.93. The van der Waals surface area contributed by atoms with Gasteiger partial charge in [-0.15, -0.1) is 0 Å². The summed E-state index contributed by atoms with van der Waals surface area (Å²) in [5.41, 5.74) is 5.68. The van der Waals surface area contributed by atoms with Crippen molar-refractivity contribution < 1.29 is 14.7 Å². The smallest absolute Gasteiger partial charge is 0.303 e. The van der Waals surface area contributed by atoms with Gasteiger partial charge < -0.3 is 15.7 Å². The first-order valence-corrected chi connectivity index (χ1v) is 5.08. The number of hydrogen-bond donors (Lipinski definition) is 2. The SMILES string of the molecule is CC(C)[C@H](N)C(=O)N(C)CCCC(=O)O. The Morgan fingerprint density at radius 2 is 1.93 bits per heavy atom. The summed E-state index contributed by atoms with van der Waals surface area (Å²) in [6, 6.07) is -0.500. The average Bonchev–Trinajstić information content (AvgIpc) is 2.14. The highest BCUT2D eigenvalue weighted by atomic mass is 16.4. The van der Waals surface area contributed by atoms with Gasteiger partial charge in [0.25, 0.3) is 0 Å². The van der Waals surface area contributed by atoms with Crippen molar-refractivity contribution in [3.8, 4) is 0 Å². The second-order valence-corrected chi connectivity index (χ2v) is 4.03. The van der Waals surface area contributed by atoms with E-state index in [1.807, 2.05) is 13.8 Å². The van der Waals surface area contributed by atoms with Crippen LogP contribution in [0, 0.1) is 5.92 Å². The molecule has 0 saturated heterocycles. The van der Waals surface area contributed by atoms with E-state index in [4.69, 9.17) is 10.8 Å². The van der Waals surface area contributed by atoms with E-state index in [0.717, 1.165) is 0 Å². The Morgan fingerprint density at radius 3 is 2.33 bits per heavy atom. The summed E-state index contributed by atoms with van der Waals surface area (Å²) < 4.78 is 0. The van der Waals surface area contributed by atoms with Crippen molar-refractivity contribution in [2.45, 2.75) is 32.7 Å². The van der Waals surface area contributed by atoms with E-state index in [0.29, 0.717) is 13.0 Å². The summed E-state index contributed by atoms with van der Waals surface area (Å²) in [6.45, 7) is 4.20. The molecule has 0 aromatic rings. The van der Waals surface area contributed by atoms with Crippen LogP contribution in [0.25, 0.3) is 0 Å². The fourth-order valence-electron chi connectivity index (χ4n) is 1.12. The summed E-state index contributed by atoms with van der Waals surface area (Å²) in [6.07, 6.45) is 0.539. The van der Waals surface area contributed by atoms with Crippen molar-refractivity contribution in [1.82, 2.24) is 4.90 Å². The van der Waals surface area contributed by atoms with Crippen LogP contribution in [-0.2, 0) is 9.59 Å². The summed E-state index contributed by atoms with van der Waals surface area (Å²) in [5, 5.41) is 8.43. The molecule has 1 amide bonds. The number of carboxylic acids is 1. The Hall–Kier alpha value is -1.10. The zero-order chi connectivity index (χ0) is 12.0. The molecular formula is C10H20N2O3. The monoisotopic (exact) mass is 216 g/mol. The van der Waals surface area contributed by atoms with Crippen LogP contribution in [0.2, 0.25) is 0 Å². The van der Waals surface area contributed by atoms with Crippen LogP contribution < -0.4 is 5.73 Å². The fourth-order valence-corrected chi connectivity index (χ4v) is 1.12. The van der Waals surface area contributed by atoms with Crippen molar-refractivity contribution in [3.05, 3.63) is 0 Å². The highest BCUT2D eigenvalue weighted by molar-refractivity contribution is 5.81. The number of carbonyl (C=O) groups excluding carboxylic acids is 1. The van der Waals surface area contributed by atoms with Gasteiger partial charge in [-0.05, 0) is 12.3 Å². The maximum absolute atomic E-state index is 11.6. The number of nitrogens with zero attached hydrogens (tertiary/aromatic N) is 1. The fraction of sp³-hybridized carbons (Fsp3) is 0.800. The maximum atomic E-state index is 11.6. The Morgan fingerprint density at radius 1 is 1.40 bits per heavy atom. The lowest BCUT2D eigenvalue weighted by atomic mass is 10.0. The molecule has 1 atom stereocenters. The number of nitrogens with two attached hydrogens (primary N) is 1. The van der Waals surface area contributed by atoms with Crippen LogP contribution in [0.1, 0.15) is 26.7 Å². The molecule has 0 aromatic heterocycles. The van der Waals surface area contributed by atoms with E-state index in [1.54, 1.807) is 7.05 Å². The molecule has 0 radical (unpaired) electrons. The quantitative estimate of drug-likeness (QED) is 0.668. The standard InChI is InChI=1S/C10H20N2O3/c1-7(2)9(11)10(15)12(3)6-4-5-8(13)14/h7,9H,4-6,11H2,1-3H3,(H,13,14)/t9-/m0/s1. The molecule has 5 nitrogen and oxygen atoms in total. The van der Waals surface area contributed by atoms with Crippen molar-refractivity contribution in [2.75, 3.05) is 13.6 Å². The van der Waals surface area contributed by atoms with Crippen molar-refractivity contribution in [3.63, 3.8) is 0 Å². The summed E-state index contributed by atoms with van der Waals surface area (Å²) in [4.78, 5) is 23.4. The lowest BCUT2D eigenvalue weighted by molar-refractivity contribution is -0.138. The summed E-state index contributed by atoms with van der Waals surface area (Å²) in [7, 11) is 1.65. The number of likely N-dealkylation sites (N-methyl/N-ethyl adjacent to an activating group) is 1. The largest absolute Gasteiger partial charge is 0.481 e. The number of aliphatic carboxylic acids is 1. The predicted molar refractivity (Wildman–Crippen MR) is 57.3 cm³/mol. The molecule has 5 heteroatoms. The molecule has 88 valence electrons. The molecular weight excluding hydrogens is 196 g/mol. The predicted octanol–water partition coefficient (Wildman–Crippen LogP) is 0.293. The van der Waals surface area contributed by atoms with Gasteiger partial charge >= 0.3 is 5.97 Å². The van der Waals surface area contributed by atoms with Crippen molar-refractivity contribution in [1.29, 1.82) is 0 Å². The number of carbonyl (C=O) groups is 2. The minimum Gasteiger partial charge on any atom is -0.481 e. The second kappa shape index (κ2) is 6.40.